The number of piperazine rings is 1. The molecule has 5 nitrogen and oxygen atoms in total. The van der Waals surface area contributed by atoms with Gasteiger partial charge in [0.05, 0.1) is 6.04 Å². The quantitative estimate of drug-likeness (QED) is 0.618. The maximum atomic E-state index is 12.0. The molecule has 2 rings (SSSR count). The van der Waals surface area contributed by atoms with Crippen molar-refractivity contribution in [3.63, 3.8) is 0 Å². The largest absolute Gasteiger partial charge is 0.334 e. The average Bonchev–Trinajstić information content (AvgIpc) is 2.75. The molecule has 0 aromatic carbocycles. The van der Waals surface area contributed by atoms with E-state index < -0.39 is 0 Å². The minimum absolute atomic E-state index is 0.178. The van der Waals surface area contributed by atoms with Crippen LogP contribution in [0.4, 0.5) is 0 Å². The molecule has 0 aliphatic carbocycles. The molecule has 2 aliphatic heterocycles. The minimum atomic E-state index is -0.291. The maximum absolute atomic E-state index is 12.0. The Morgan fingerprint density at radius 2 is 1.88 bits per heavy atom. The number of hydrogen-bond acceptors (Lipinski definition) is 4. The third-order valence-electron chi connectivity index (χ3n) is 3.44. The second-order valence-corrected chi connectivity index (χ2v) is 4.55. The number of likely N-dealkylation sites (tertiary alicyclic amines) is 1. The number of Topliss-reactive ketones (excluding diaryl/α,β-unsaturated/α-hetero) is 1. The number of hydrogen-bond donors (Lipinski definition) is 1. The van der Waals surface area contributed by atoms with Crippen LogP contribution >= 0.6 is 0 Å². The summed E-state index contributed by atoms with van der Waals surface area (Å²) in [5.74, 6) is -0.512. The van der Waals surface area contributed by atoms with Crippen molar-refractivity contribution in [2.24, 2.45) is 0 Å². The van der Waals surface area contributed by atoms with Gasteiger partial charge in [0.1, 0.15) is 0 Å². The number of carbonyl (C=O) groups is 2. The van der Waals surface area contributed by atoms with Crippen LogP contribution in [0.15, 0.2) is 0 Å². The number of rotatable bonds is 2. The lowest BCUT2D eigenvalue weighted by molar-refractivity contribution is -0.147. The van der Waals surface area contributed by atoms with E-state index in [1.165, 1.54) is 0 Å². The standard InChI is InChI=1S/C11H19N3O2/c1-13-6-2-3-9(13)10(15)11(16)14-7-4-12-5-8-14/h9,12H,2-8H2,1H3/t9-/m0/s1. The molecule has 1 amide bonds. The Bertz CT molecular complexity index is 287. The lowest BCUT2D eigenvalue weighted by atomic mass is 10.1. The van der Waals surface area contributed by atoms with Gasteiger partial charge in [0, 0.05) is 26.2 Å². The summed E-state index contributed by atoms with van der Waals surface area (Å²) in [4.78, 5) is 27.6. The Labute approximate surface area is 95.8 Å². The fraction of sp³-hybridized carbons (Fsp3) is 0.818. The van der Waals surface area contributed by atoms with Crippen molar-refractivity contribution >= 4 is 11.7 Å². The molecule has 90 valence electrons. The lowest BCUT2D eigenvalue weighted by Gasteiger charge is -2.28. The highest BCUT2D eigenvalue weighted by Crippen LogP contribution is 2.16. The van der Waals surface area contributed by atoms with E-state index in [2.05, 4.69) is 5.32 Å². The molecule has 2 fully saturated rings. The van der Waals surface area contributed by atoms with Gasteiger partial charge in [0.25, 0.3) is 5.91 Å². The Morgan fingerprint density at radius 1 is 1.19 bits per heavy atom. The third kappa shape index (κ3) is 2.25. The molecule has 2 saturated heterocycles. The van der Waals surface area contributed by atoms with Crippen LogP contribution in [0, 0.1) is 0 Å². The van der Waals surface area contributed by atoms with E-state index in [1.54, 1.807) is 4.90 Å². The first kappa shape index (κ1) is 11.5. The zero-order valence-corrected chi connectivity index (χ0v) is 9.74. The van der Waals surface area contributed by atoms with Crippen LogP contribution in [0.5, 0.6) is 0 Å². The van der Waals surface area contributed by atoms with E-state index in [0.29, 0.717) is 13.1 Å². The summed E-state index contributed by atoms with van der Waals surface area (Å²) < 4.78 is 0. The van der Waals surface area contributed by atoms with Crippen LogP contribution in [-0.2, 0) is 9.59 Å². The monoisotopic (exact) mass is 225 g/mol. The number of likely N-dealkylation sites (N-methyl/N-ethyl adjacent to an activating group) is 1. The second kappa shape index (κ2) is 4.93. The Balaban J connectivity index is 1.95. The predicted molar refractivity (Wildman–Crippen MR) is 60.1 cm³/mol. The van der Waals surface area contributed by atoms with Crippen molar-refractivity contribution in [1.82, 2.24) is 15.1 Å². The molecule has 16 heavy (non-hydrogen) atoms. The lowest BCUT2D eigenvalue weighted by Crippen LogP contribution is -2.51. The first-order valence-corrected chi connectivity index (χ1v) is 5.94. The molecule has 0 aromatic rings. The van der Waals surface area contributed by atoms with Gasteiger partial charge < -0.3 is 10.2 Å². The van der Waals surface area contributed by atoms with Crippen LogP contribution in [0.25, 0.3) is 0 Å². The van der Waals surface area contributed by atoms with Gasteiger partial charge in [0.2, 0.25) is 5.78 Å². The SMILES string of the molecule is CN1CCC[C@H]1C(=O)C(=O)N1CCNCC1. The van der Waals surface area contributed by atoms with Crippen LogP contribution < -0.4 is 5.32 Å². The summed E-state index contributed by atoms with van der Waals surface area (Å²) in [7, 11) is 1.92. The van der Waals surface area contributed by atoms with Crippen LogP contribution in [-0.4, -0.2) is 67.3 Å². The molecule has 0 radical (unpaired) electrons. The van der Waals surface area contributed by atoms with E-state index >= 15 is 0 Å². The van der Waals surface area contributed by atoms with Gasteiger partial charge in [-0.05, 0) is 26.4 Å². The van der Waals surface area contributed by atoms with Crippen LogP contribution in [0.1, 0.15) is 12.8 Å². The molecule has 1 N–H and O–H groups in total. The van der Waals surface area contributed by atoms with E-state index in [-0.39, 0.29) is 17.7 Å². The van der Waals surface area contributed by atoms with Crippen molar-refractivity contribution in [2.45, 2.75) is 18.9 Å². The minimum Gasteiger partial charge on any atom is -0.334 e. The van der Waals surface area contributed by atoms with Crippen molar-refractivity contribution < 1.29 is 9.59 Å². The van der Waals surface area contributed by atoms with Gasteiger partial charge in [-0.2, -0.15) is 0 Å². The third-order valence-corrected chi connectivity index (χ3v) is 3.44. The number of ketones is 1. The topological polar surface area (TPSA) is 52.7 Å². The Kier molecular flexibility index (Phi) is 3.56. The molecule has 2 aliphatic rings. The highest BCUT2D eigenvalue weighted by molar-refractivity contribution is 6.38. The molecule has 5 heteroatoms. The van der Waals surface area contributed by atoms with Crippen LogP contribution in [0.2, 0.25) is 0 Å². The van der Waals surface area contributed by atoms with Gasteiger partial charge in [-0.25, -0.2) is 0 Å². The zero-order valence-electron chi connectivity index (χ0n) is 9.74. The number of nitrogens with zero attached hydrogens (tertiary/aromatic N) is 2. The highest BCUT2D eigenvalue weighted by Gasteiger charge is 2.34. The van der Waals surface area contributed by atoms with Crippen molar-refractivity contribution in [3.05, 3.63) is 0 Å². The van der Waals surface area contributed by atoms with E-state index in [1.807, 2.05) is 11.9 Å². The molecular weight excluding hydrogens is 206 g/mol. The highest BCUT2D eigenvalue weighted by atomic mass is 16.2. The summed E-state index contributed by atoms with van der Waals surface area (Å²) in [6.45, 7) is 3.81. The summed E-state index contributed by atoms with van der Waals surface area (Å²) in [5.41, 5.74) is 0. The average molecular weight is 225 g/mol. The molecule has 0 bridgehead atoms. The smallest absolute Gasteiger partial charge is 0.291 e. The first-order chi connectivity index (χ1) is 7.70. The Hall–Kier alpha value is -0.940. The van der Waals surface area contributed by atoms with Gasteiger partial charge in [-0.1, -0.05) is 0 Å². The van der Waals surface area contributed by atoms with Gasteiger partial charge in [-0.15, -0.1) is 0 Å². The molecule has 1 atom stereocenters. The molecule has 0 saturated carbocycles. The number of nitrogens with one attached hydrogen (secondary N) is 1. The molecule has 0 spiro atoms. The van der Waals surface area contributed by atoms with E-state index in [0.717, 1.165) is 32.5 Å². The fourth-order valence-corrected chi connectivity index (χ4v) is 2.41. The zero-order chi connectivity index (χ0) is 11.5. The molecule has 2 heterocycles. The van der Waals surface area contributed by atoms with Crippen molar-refractivity contribution in [3.8, 4) is 0 Å². The molecular formula is C11H19N3O2. The fourth-order valence-electron chi connectivity index (χ4n) is 2.41. The van der Waals surface area contributed by atoms with Crippen molar-refractivity contribution in [1.29, 1.82) is 0 Å². The summed E-state index contributed by atoms with van der Waals surface area (Å²) in [6, 6.07) is -0.178. The molecule has 0 unspecified atom stereocenters. The van der Waals surface area contributed by atoms with E-state index in [9.17, 15) is 9.59 Å². The first-order valence-electron chi connectivity index (χ1n) is 5.94. The van der Waals surface area contributed by atoms with Gasteiger partial charge in [-0.3, -0.25) is 14.5 Å². The number of carbonyl (C=O) groups excluding carboxylic acids is 2. The van der Waals surface area contributed by atoms with Gasteiger partial charge in [0.15, 0.2) is 0 Å². The molecule has 0 aromatic heterocycles. The summed E-state index contributed by atoms with van der Waals surface area (Å²) >= 11 is 0. The Morgan fingerprint density at radius 3 is 2.44 bits per heavy atom. The second-order valence-electron chi connectivity index (χ2n) is 4.55. The van der Waals surface area contributed by atoms with Crippen molar-refractivity contribution in [2.75, 3.05) is 39.8 Å². The summed E-state index contributed by atoms with van der Waals surface area (Å²) in [5, 5.41) is 3.17. The maximum Gasteiger partial charge on any atom is 0.291 e. The van der Waals surface area contributed by atoms with E-state index in [4.69, 9.17) is 0 Å². The van der Waals surface area contributed by atoms with Crippen LogP contribution in [0.3, 0.4) is 0 Å². The van der Waals surface area contributed by atoms with Gasteiger partial charge >= 0.3 is 0 Å². The normalized spacial score (nSPS) is 27.1. The predicted octanol–water partition coefficient (Wildman–Crippen LogP) is -0.918. The summed E-state index contributed by atoms with van der Waals surface area (Å²) in [6.07, 6.45) is 1.84. The number of amides is 1.